The number of rotatable bonds is 7. The standard InChI is InChI=1S/C28H27N5O3/c1-18-9-7-11-22(15-18)30-28(36)31-23-12-8-10-21(16-23)17-29-27(35)26(34)25-19(2)32-33(20(25)3)24-13-5-4-6-14-24/h4-16H,17H2,1-3H3,(H,29,35)(H2,30,31,36). The number of aryl methyl sites for hydroxylation is 2. The average Bonchev–Trinajstić information content (AvgIpc) is 3.16. The van der Waals surface area contributed by atoms with Crippen LogP contribution in [0.3, 0.4) is 0 Å². The highest BCUT2D eigenvalue weighted by Crippen LogP contribution is 2.19. The number of nitrogens with one attached hydrogen (secondary N) is 3. The first-order chi connectivity index (χ1) is 17.3. The summed E-state index contributed by atoms with van der Waals surface area (Å²) in [5.74, 6) is -1.36. The van der Waals surface area contributed by atoms with Gasteiger partial charge < -0.3 is 16.0 Å². The average molecular weight is 482 g/mol. The van der Waals surface area contributed by atoms with Gasteiger partial charge in [-0.2, -0.15) is 5.10 Å². The number of aromatic nitrogens is 2. The summed E-state index contributed by atoms with van der Waals surface area (Å²) in [5, 5.41) is 12.7. The van der Waals surface area contributed by atoms with Gasteiger partial charge in [-0.1, -0.05) is 42.5 Å². The predicted molar refractivity (Wildman–Crippen MR) is 139 cm³/mol. The van der Waals surface area contributed by atoms with E-state index in [2.05, 4.69) is 21.0 Å². The molecule has 0 saturated carbocycles. The van der Waals surface area contributed by atoms with Crippen molar-refractivity contribution in [3.8, 4) is 5.69 Å². The summed E-state index contributed by atoms with van der Waals surface area (Å²) in [4.78, 5) is 38.0. The SMILES string of the molecule is Cc1cccc(NC(=O)Nc2cccc(CNC(=O)C(=O)c3c(C)nn(-c4ccccc4)c3C)c2)c1. The minimum atomic E-state index is -0.718. The van der Waals surface area contributed by atoms with Crippen molar-refractivity contribution in [1.82, 2.24) is 15.1 Å². The summed E-state index contributed by atoms with van der Waals surface area (Å²) in [6.45, 7) is 5.56. The van der Waals surface area contributed by atoms with Crippen molar-refractivity contribution in [1.29, 1.82) is 0 Å². The summed E-state index contributed by atoms with van der Waals surface area (Å²) < 4.78 is 1.66. The van der Waals surface area contributed by atoms with Crippen LogP contribution in [0.15, 0.2) is 78.9 Å². The Kier molecular flexibility index (Phi) is 7.25. The molecule has 0 atom stereocenters. The van der Waals surface area contributed by atoms with E-state index in [1.807, 2.05) is 61.5 Å². The van der Waals surface area contributed by atoms with Gasteiger partial charge in [-0.3, -0.25) is 9.59 Å². The second-order valence-corrected chi connectivity index (χ2v) is 8.45. The Labute approximate surface area is 209 Å². The molecule has 3 amide bonds. The number of ketones is 1. The van der Waals surface area contributed by atoms with Crippen molar-refractivity contribution in [2.24, 2.45) is 0 Å². The minimum Gasteiger partial charge on any atom is -0.345 e. The van der Waals surface area contributed by atoms with Crippen LogP contribution in [-0.2, 0) is 11.3 Å². The number of hydrogen-bond donors (Lipinski definition) is 3. The van der Waals surface area contributed by atoms with Crippen molar-refractivity contribution >= 4 is 29.1 Å². The number of anilines is 2. The van der Waals surface area contributed by atoms with Crippen LogP contribution in [0.2, 0.25) is 0 Å². The molecule has 1 aromatic heterocycles. The Morgan fingerprint density at radius 3 is 2.17 bits per heavy atom. The molecule has 0 unspecified atom stereocenters. The lowest BCUT2D eigenvalue weighted by atomic mass is 10.1. The van der Waals surface area contributed by atoms with Gasteiger partial charge in [0.25, 0.3) is 11.7 Å². The highest BCUT2D eigenvalue weighted by Gasteiger charge is 2.25. The summed E-state index contributed by atoms with van der Waals surface area (Å²) in [5.41, 5.74) is 5.22. The predicted octanol–water partition coefficient (Wildman–Crippen LogP) is 4.94. The molecule has 8 heteroatoms. The lowest BCUT2D eigenvalue weighted by Crippen LogP contribution is -2.31. The molecule has 0 fully saturated rings. The van der Waals surface area contributed by atoms with Crippen LogP contribution in [0.1, 0.15) is 32.9 Å². The van der Waals surface area contributed by atoms with Crippen molar-refractivity contribution in [2.45, 2.75) is 27.3 Å². The maximum Gasteiger partial charge on any atom is 0.323 e. The van der Waals surface area contributed by atoms with Gasteiger partial charge in [-0.15, -0.1) is 0 Å². The van der Waals surface area contributed by atoms with Crippen molar-refractivity contribution in [2.75, 3.05) is 10.6 Å². The molecular weight excluding hydrogens is 454 g/mol. The molecule has 0 saturated heterocycles. The number of benzene rings is 3. The van der Waals surface area contributed by atoms with Crippen molar-refractivity contribution in [3.63, 3.8) is 0 Å². The van der Waals surface area contributed by atoms with Gasteiger partial charge in [0.15, 0.2) is 0 Å². The van der Waals surface area contributed by atoms with Crippen LogP contribution in [0.5, 0.6) is 0 Å². The maximum atomic E-state index is 12.9. The van der Waals surface area contributed by atoms with Crippen LogP contribution in [0.25, 0.3) is 5.69 Å². The molecule has 182 valence electrons. The van der Waals surface area contributed by atoms with Gasteiger partial charge in [0.1, 0.15) is 0 Å². The number of Topliss-reactive ketones (excluding diaryl/α,β-unsaturated/α-hetero) is 1. The molecule has 0 aliphatic carbocycles. The fourth-order valence-corrected chi connectivity index (χ4v) is 3.94. The van der Waals surface area contributed by atoms with Gasteiger partial charge in [0.2, 0.25) is 0 Å². The fraction of sp³-hybridized carbons (Fsp3) is 0.143. The second-order valence-electron chi connectivity index (χ2n) is 8.45. The van der Waals surface area contributed by atoms with Crippen LogP contribution < -0.4 is 16.0 Å². The van der Waals surface area contributed by atoms with Gasteiger partial charge in [0, 0.05) is 17.9 Å². The molecule has 36 heavy (non-hydrogen) atoms. The lowest BCUT2D eigenvalue weighted by molar-refractivity contribution is -0.117. The third kappa shape index (κ3) is 5.67. The quantitative estimate of drug-likeness (QED) is 0.257. The minimum absolute atomic E-state index is 0.129. The number of carbonyl (C=O) groups excluding carboxylic acids is 3. The number of amides is 3. The van der Waals surface area contributed by atoms with Gasteiger partial charge in [0.05, 0.1) is 22.6 Å². The van der Waals surface area contributed by atoms with E-state index in [1.54, 1.807) is 42.8 Å². The Balaban J connectivity index is 1.38. The van der Waals surface area contributed by atoms with E-state index in [0.717, 1.165) is 16.8 Å². The van der Waals surface area contributed by atoms with E-state index in [1.165, 1.54) is 0 Å². The zero-order valence-corrected chi connectivity index (χ0v) is 20.3. The third-order valence-electron chi connectivity index (χ3n) is 5.64. The number of hydrogen-bond acceptors (Lipinski definition) is 4. The van der Waals surface area contributed by atoms with Crippen LogP contribution >= 0.6 is 0 Å². The number of urea groups is 1. The van der Waals surface area contributed by atoms with E-state index in [0.29, 0.717) is 28.3 Å². The molecule has 0 spiro atoms. The molecular formula is C28H27N5O3. The van der Waals surface area contributed by atoms with E-state index in [4.69, 9.17) is 0 Å². The van der Waals surface area contributed by atoms with Crippen LogP contribution in [0.4, 0.5) is 16.2 Å². The molecule has 0 bridgehead atoms. The summed E-state index contributed by atoms with van der Waals surface area (Å²) in [6.07, 6.45) is 0. The van der Waals surface area contributed by atoms with E-state index in [-0.39, 0.29) is 12.6 Å². The molecule has 8 nitrogen and oxygen atoms in total. The highest BCUT2D eigenvalue weighted by molar-refractivity contribution is 6.43. The lowest BCUT2D eigenvalue weighted by Gasteiger charge is -2.10. The van der Waals surface area contributed by atoms with Gasteiger partial charge in [-0.05, 0) is 68.3 Å². The van der Waals surface area contributed by atoms with E-state index in [9.17, 15) is 14.4 Å². The number of carbonyl (C=O) groups is 3. The largest absolute Gasteiger partial charge is 0.345 e. The Bertz CT molecular complexity index is 1430. The zero-order valence-electron chi connectivity index (χ0n) is 20.3. The fourth-order valence-electron chi connectivity index (χ4n) is 3.94. The third-order valence-corrected chi connectivity index (χ3v) is 5.64. The van der Waals surface area contributed by atoms with Gasteiger partial charge in [-0.25, -0.2) is 9.48 Å². The Morgan fingerprint density at radius 1 is 0.806 bits per heavy atom. The van der Waals surface area contributed by atoms with E-state index < -0.39 is 11.7 Å². The molecule has 0 aliphatic heterocycles. The first kappa shape index (κ1) is 24.4. The smallest absolute Gasteiger partial charge is 0.323 e. The molecule has 4 rings (SSSR count). The second kappa shape index (κ2) is 10.7. The summed E-state index contributed by atoms with van der Waals surface area (Å²) >= 11 is 0. The summed E-state index contributed by atoms with van der Waals surface area (Å²) in [7, 11) is 0. The van der Waals surface area contributed by atoms with Crippen LogP contribution in [-0.4, -0.2) is 27.5 Å². The molecule has 3 aromatic carbocycles. The Morgan fingerprint density at radius 2 is 1.47 bits per heavy atom. The first-order valence-electron chi connectivity index (χ1n) is 11.5. The highest BCUT2D eigenvalue weighted by atomic mass is 16.2. The normalized spacial score (nSPS) is 10.5. The molecule has 0 radical (unpaired) electrons. The molecule has 4 aromatic rings. The first-order valence-corrected chi connectivity index (χ1v) is 11.5. The molecule has 1 heterocycles. The number of nitrogens with zero attached hydrogens (tertiary/aromatic N) is 2. The van der Waals surface area contributed by atoms with E-state index >= 15 is 0 Å². The van der Waals surface area contributed by atoms with Gasteiger partial charge >= 0.3 is 6.03 Å². The monoisotopic (exact) mass is 481 g/mol. The van der Waals surface area contributed by atoms with Crippen molar-refractivity contribution in [3.05, 3.63) is 107 Å². The summed E-state index contributed by atoms with van der Waals surface area (Å²) in [6, 6.07) is 23.6. The maximum absolute atomic E-state index is 12.9. The zero-order chi connectivity index (χ0) is 25.7. The number of para-hydroxylation sites is 1. The Hall–Kier alpha value is -4.72. The van der Waals surface area contributed by atoms with Crippen LogP contribution in [0, 0.1) is 20.8 Å². The molecule has 3 N–H and O–H groups in total. The topological polar surface area (TPSA) is 105 Å². The van der Waals surface area contributed by atoms with Crippen molar-refractivity contribution < 1.29 is 14.4 Å². The molecule has 0 aliphatic rings.